The molecule has 0 unspecified atom stereocenters. The van der Waals surface area contributed by atoms with Crippen molar-refractivity contribution in [2.75, 3.05) is 0 Å². The van der Waals surface area contributed by atoms with Gasteiger partial charge in [-0.2, -0.15) is 0 Å². The summed E-state index contributed by atoms with van der Waals surface area (Å²) >= 11 is 1.28. The molecule has 6 nitrogen and oxygen atoms in total. The van der Waals surface area contributed by atoms with Crippen LogP contribution in [0.2, 0.25) is 0 Å². The van der Waals surface area contributed by atoms with Gasteiger partial charge in [-0.3, -0.25) is 4.79 Å². The molecule has 0 saturated carbocycles. The molecule has 0 fully saturated rings. The number of hydrogen-bond acceptors (Lipinski definition) is 5. The predicted octanol–water partition coefficient (Wildman–Crippen LogP) is 2.66. The monoisotopic (exact) mass is 308 g/mol. The topological polar surface area (TPSA) is 92.4 Å². The van der Waals surface area contributed by atoms with E-state index >= 15 is 0 Å². The van der Waals surface area contributed by atoms with Crippen molar-refractivity contribution in [2.24, 2.45) is 0 Å². The second-order valence-electron chi connectivity index (χ2n) is 5.53. The van der Waals surface area contributed by atoms with Crippen molar-refractivity contribution in [1.29, 1.82) is 0 Å². The quantitative estimate of drug-likeness (QED) is 0.906. The van der Waals surface area contributed by atoms with Crippen LogP contribution < -0.4 is 5.32 Å². The largest absolute Gasteiger partial charge is 0.475 e. The molecule has 0 radical (unpaired) electrons. The van der Waals surface area contributed by atoms with Crippen LogP contribution in [-0.4, -0.2) is 22.0 Å². The maximum Gasteiger partial charge on any atom is 0.371 e. The van der Waals surface area contributed by atoms with Gasteiger partial charge in [-0.15, -0.1) is 11.3 Å². The number of aromatic carboxylic acids is 1. The summed E-state index contributed by atoms with van der Waals surface area (Å²) in [6.07, 6.45) is 0. The Kier molecular flexibility index (Phi) is 4.13. The first kappa shape index (κ1) is 15.2. The van der Waals surface area contributed by atoms with Gasteiger partial charge in [0.05, 0.1) is 17.7 Å². The van der Waals surface area contributed by atoms with Gasteiger partial charge in [0.1, 0.15) is 10.6 Å². The summed E-state index contributed by atoms with van der Waals surface area (Å²) in [6, 6.07) is 2.89. The molecule has 0 aromatic carbocycles. The maximum atomic E-state index is 12.2. The number of carbonyl (C=O) groups is 2. The van der Waals surface area contributed by atoms with Gasteiger partial charge in [-0.1, -0.05) is 20.8 Å². The standard InChI is InChI=1S/C14H16N2O4S/c1-14(2,3)11-10(21-7-16-11)12(17)15-6-8-4-5-9(20-8)13(18)19/h4-5,7H,6H2,1-3H3,(H,15,17)(H,18,19). The average molecular weight is 308 g/mol. The zero-order valence-corrected chi connectivity index (χ0v) is 12.8. The molecule has 0 aliphatic carbocycles. The van der Waals surface area contributed by atoms with E-state index in [9.17, 15) is 9.59 Å². The highest BCUT2D eigenvalue weighted by atomic mass is 32.1. The lowest BCUT2D eigenvalue weighted by Crippen LogP contribution is -2.25. The second kappa shape index (κ2) is 5.69. The number of aromatic nitrogens is 1. The Morgan fingerprint density at radius 1 is 1.38 bits per heavy atom. The van der Waals surface area contributed by atoms with Gasteiger partial charge in [0.15, 0.2) is 0 Å². The van der Waals surface area contributed by atoms with Crippen molar-refractivity contribution in [3.8, 4) is 0 Å². The zero-order chi connectivity index (χ0) is 15.6. The molecule has 2 heterocycles. The molecule has 2 aromatic heterocycles. The first-order chi connectivity index (χ1) is 9.79. The molecule has 0 aliphatic rings. The van der Waals surface area contributed by atoms with Gasteiger partial charge < -0.3 is 14.8 Å². The van der Waals surface area contributed by atoms with Crippen LogP contribution >= 0.6 is 11.3 Å². The molecule has 1 amide bonds. The summed E-state index contributed by atoms with van der Waals surface area (Å²) in [5.41, 5.74) is 2.18. The van der Waals surface area contributed by atoms with Crippen molar-refractivity contribution >= 4 is 23.2 Å². The molecule has 2 rings (SSSR count). The summed E-state index contributed by atoms with van der Waals surface area (Å²) in [5.74, 6) is -1.13. The van der Waals surface area contributed by atoms with Gasteiger partial charge in [0.25, 0.3) is 5.91 Å². The minimum Gasteiger partial charge on any atom is -0.475 e. The number of hydrogen-bond donors (Lipinski definition) is 2. The van der Waals surface area contributed by atoms with Crippen LogP contribution in [0.4, 0.5) is 0 Å². The highest BCUT2D eigenvalue weighted by molar-refractivity contribution is 7.11. The second-order valence-corrected chi connectivity index (χ2v) is 6.39. The van der Waals surface area contributed by atoms with Crippen molar-refractivity contribution in [2.45, 2.75) is 32.7 Å². The van der Waals surface area contributed by atoms with Crippen LogP contribution in [0.5, 0.6) is 0 Å². The molecule has 7 heteroatoms. The van der Waals surface area contributed by atoms with E-state index in [-0.39, 0.29) is 23.6 Å². The van der Waals surface area contributed by atoms with E-state index < -0.39 is 5.97 Å². The van der Waals surface area contributed by atoms with Crippen molar-refractivity contribution < 1.29 is 19.1 Å². The molecule has 0 atom stereocenters. The average Bonchev–Trinajstić information content (AvgIpc) is 3.04. The fourth-order valence-corrected chi connectivity index (χ4v) is 2.69. The van der Waals surface area contributed by atoms with Gasteiger partial charge in [0.2, 0.25) is 5.76 Å². The number of carboxylic acids is 1. The Hall–Kier alpha value is -2.15. The number of thiazole rings is 1. The number of nitrogens with one attached hydrogen (secondary N) is 1. The van der Waals surface area contributed by atoms with Crippen LogP contribution in [0, 0.1) is 0 Å². The Labute approximate surface area is 125 Å². The predicted molar refractivity (Wildman–Crippen MR) is 77.7 cm³/mol. The van der Waals surface area contributed by atoms with Crippen molar-refractivity contribution in [3.05, 3.63) is 39.7 Å². The number of amides is 1. The molecule has 21 heavy (non-hydrogen) atoms. The normalized spacial score (nSPS) is 11.4. The summed E-state index contributed by atoms with van der Waals surface area (Å²) in [7, 11) is 0. The summed E-state index contributed by atoms with van der Waals surface area (Å²) in [5, 5.41) is 11.5. The highest BCUT2D eigenvalue weighted by Gasteiger charge is 2.24. The van der Waals surface area contributed by atoms with E-state index in [4.69, 9.17) is 9.52 Å². The van der Waals surface area contributed by atoms with Crippen LogP contribution in [-0.2, 0) is 12.0 Å². The Balaban J connectivity index is 2.05. The summed E-state index contributed by atoms with van der Waals surface area (Å²) in [6.45, 7) is 6.10. The molecular weight excluding hydrogens is 292 g/mol. The SMILES string of the molecule is CC(C)(C)c1ncsc1C(=O)NCc1ccc(C(=O)O)o1. The van der Waals surface area contributed by atoms with Gasteiger partial charge in [-0.05, 0) is 12.1 Å². The van der Waals surface area contributed by atoms with Crippen LogP contribution in [0.3, 0.4) is 0 Å². The first-order valence-corrected chi connectivity index (χ1v) is 7.21. The lowest BCUT2D eigenvalue weighted by Gasteiger charge is -2.17. The van der Waals surface area contributed by atoms with E-state index in [0.29, 0.717) is 10.6 Å². The smallest absolute Gasteiger partial charge is 0.371 e. The molecule has 0 saturated heterocycles. The third-order valence-corrected chi connectivity index (χ3v) is 3.60. The third-order valence-electron chi connectivity index (χ3n) is 2.78. The van der Waals surface area contributed by atoms with Crippen LogP contribution in [0.1, 0.15) is 52.5 Å². The number of furan rings is 1. The third kappa shape index (κ3) is 3.49. The number of nitrogens with zero attached hydrogens (tertiary/aromatic N) is 1. The molecule has 0 bridgehead atoms. The minimum atomic E-state index is -1.13. The molecule has 0 aliphatic heterocycles. The molecule has 2 aromatic rings. The fourth-order valence-electron chi connectivity index (χ4n) is 1.78. The van der Waals surface area contributed by atoms with Crippen LogP contribution in [0.15, 0.2) is 22.1 Å². The number of rotatable bonds is 4. The number of carboxylic acid groups (broad SMARTS) is 1. The van der Waals surface area contributed by atoms with Gasteiger partial charge >= 0.3 is 5.97 Å². The Bertz CT molecular complexity index is 667. The summed E-state index contributed by atoms with van der Waals surface area (Å²) in [4.78, 5) is 27.7. The van der Waals surface area contributed by atoms with Crippen molar-refractivity contribution in [3.63, 3.8) is 0 Å². The zero-order valence-electron chi connectivity index (χ0n) is 12.0. The van der Waals surface area contributed by atoms with E-state index in [2.05, 4.69) is 10.3 Å². The Morgan fingerprint density at radius 3 is 2.67 bits per heavy atom. The first-order valence-electron chi connectivity index (χ1n) is 6.33. The highest BCUT2D eigenvalue weighted by Crippen LogP contribution is 2.27. The van der Waals surface area contributed by atoms with E-state index in [1.165, 1.54) is 23.5 Å². The lowest BCUT2D eigenvalue weighted by molar-refractivity contribution is 0.0660. The number of carbonyl (C=O) groups excluding carboxylic acids is 1. The van der Waals surface area contributed by atoms with E-state index in [1.807, 2.05) is 20.8 Å². The van der Waals surface area contributed by atoms with Crippen LogP contribution in [0.25, 0.3) is 0 Å². The maximum absolute atomic E-state index is 12.2. The van der Waals surface area contributed by atoms with Crippen molar-refractivity contribution in [1.82, 2.24) is 10.3 Å². The van der Waals surface area contributed by atoms with E-state index in [0.717, 1.165) is 5.69 Å². The summed E-state index contributed by atoms with van der Waals surface area (Å²) < 4.78 is 5.08. The molecule has 112 valence electrons. The molecule has 0 spiro atoms. The minimum absolute atomic E-state index is 0.133. The Morgan fingerprint density at radius 2 is 2.10 bits per heavy atom. The van der Waals surface area contributed by atoms with Gasteiger partial charge in [-0.25, -0.2) is 9.78 Å². The van der Waals surface area contributed by atoms with Gasteiger partial charge in [0, 0.05) is 5.41 Å². The van der Waals surface area contributed by atoms with E-state index in [1.54, 1.807) is 5.51 Å². The molecular formula is C14H16N2O4S. The lowest BCUT2D eigenvalue weighted by atomic mass is 9.91. The molecule has 2 N–H and O–H groups in total. The fraction of sp³-hybridized carbons (Fsp3) is 0.357.